The summed E-state index contributed by atoms with van der Waals surface area (Å²) in [6, 6.07) is 11.6. The fourth-order valence-electron chi connectivity index (χ4n) is 2.14. The summed E-state index contributed by atoms with van der Waals surface area (Å²) in [5.74, 6) is 0. The van der Waals surface area contributed by atoms with Crippen LogP contribution in [0, 0.1) is 0 Å². The topological polar surface area (TPSA) is 12.0 Å². The van der Waals surface area contributed by atoms with Gasteiger partial charge in [-0.15, -0.1) is 0 Å². The van der Waals surface area contributed by atoms with Crippen LogP contribution in [0.5, 0.6) is 0 Å². The van der Waals surface area contributed by atoms with Gasteiger partial charge >= 0.3 is 0 Å². The van der Waals surface area contributed by atoms with Gasteiger partial charge in [0.1, 0.15) is 0 Å². The molecule has 1 nitrogen and oxygen atoms in total. The molecule has 102 valence electrons. The van der Waals surface area contributed by atoms with Crippen LogP contribution in [-0.4, -0.2) is 0 Å². The molecule has 19 heavy (non-hydrogen) atoms. The molecule has 0 fully saturated rings. The van der Waals surface area contributed by atoms with Crippen LogP contribution in [0.15, 0.2) is 41.1 Å². The van der Waals surface area contributed by atoms with Crippen LogP contribution in [0.1, 0.15) is 49.4 Å². The molecule has 2 heteroatoms. The van der Waals surface area contributed by atoms with Crippen LogP contribution >= 0.6 is 11.3 Å². The first-order chi connectivity index (χ1) is 9.29. The number of hydrogen-bond acceptors (Lipinski definition) is 2. The number of nitrogens with one attached hydrogen (secondary N) is 1. The largest absolute Gasteiger partial charge is 0.306 e. The van der Waals surface area contributed by atoms with Crippen molar-refractivity contribution in [2.24, 2.45) is 0 Å². The Bertz CT molecular complexity index is 459. The predicted octanol–water partition coefficient (Wildman–Crippen LogP) is 4.94. The smallest absolute Gasteiger partial charge is 0.0294 e. The van der Waals surface area contributed by atoms with Gasteiger partial charge in [-0.3, -0.25) is 0 Å². The number of hydrogen-bond donors (Lipinski definition) is 1. The Morgan fingerprint density at radius 2 is 1.89 bits per heavy atom. The summed E-state index contributed by atoms with van der Waals surface area (Å²) in [5, 5.41) is 7.90. The minimum Gasteiger partial charge on any atom is -0.306 e. The summed E-state index contributed by atoms with van der Waals surface area (Å²) >= 11 is 1.76. The molecule has 0 aliphatic rings. The lowest BCUT2D eigenvalue weighted by Crippen LogP contribution is -2.17. The third-order valence-corrected chi connectivity index (χ3v) is 4.22. The van der Waals surface area contributed by atoms with E-state index in [0.29, 0.717) is 6.04 Å². The lowest BCUT2D eigenvalue weighted by molar-refractivity contribution is 0.575. The van der Waals surface area contributed by atoms with Crippen molar-refractivity contribution >= 4 is 11.3 Å². The van der Waals surface area contributed by atoms with E-state index < -0.39 is 0 Å². The Morgan fingerprint density at radius 3 is 2.53 bits per heavy atom. The average Bonchev–Trinajstić information content (AvgIpc) is 2.96. The van der Waals surface area contributed by atoms with Crippen molar-refractivity contribution in [2.45, 2.75) is 45.7 Å². The second-order valence-corrected chi connectivity index (χ2v) is 5.86. The molecule has 2 aromatic rings. The van der Waals surface area contributed by atoms with Crippen molar-refractivity contribution in [2.75, 3.05) is 0 Å². The van der Waals surface area contributed by atoms with Crippen molar-refractivity contribution in [3.8, 4) is 0 Å². The summed E-state index contributed by atoms with van der Waals surface area (Å²) in [6.07, 6.45) is 3.75. The van der Waals surface area contributed by atoms with Gasteiger partial charge in [0.15, 0.2) is 0 Å². The maximum Gasteiger partial charge on any atom is 0.0294 e. The van der Waals surface area contributed by atoms with Crippen LogP contribution in [0.4, 0.5) is 0 Å². The molecule has 1 unspecified atom stereocenters. The van der Waals surface area contributed by atoms with Crippen molar-refractivity contribution in [3.63, 3.8) is 0 Å². The van der Waals surface area contributed by atoms with E-state index in [-0.39, 0.29) is 0 Å². The van der Waals surface area contributed by atoms with Crippen LogP contribution in [0.25, 0.3) is 0 Å². The van der Waals surface area contributed by atoms with E-state index in [1.807, 2.05) is 0 Å². The van der Waals surface area contributed by atoms with Crippen LogP contribution < -0.4 is 5.32 Å². The number of unbranched alkanes of at least 4 members (excludes halogenated alkanes) is 1. The first-order valence-corrected chi connectivity index (χ1v) is 8.07. The highest BCUT2D eigenvalue weighted by Crippen LogP contribution is 2.16. The van der Waals surface area contributed by atoms with E-state index in [1.165, 1.54) is 36.0 Å². The third-order valence-electron chi connectivity index (χ3n) is 3.49. The quantitative estimate of drug-likeness (QED) is 0.753. The van der Waals surface area contributed by atoms with Crippen LogP contribution in [0.3, 0.4) is 0 Å². The summed E-state index contributed by atoms with van der Waals surface area (Å²) in [7, 11) is 0. The Morgan fingerprint density at radius 1 is 1.11 bits per heavy atom. The molecule has 1 aromatic heterocycles. The molecule has 0 aliphatic carbocycles. The highest BCUT2D eigenvalue weighted by Gasteiger charge is 2.05. The summed E-state index contributed by atoms with van der Waals surface area (Å²) < 4.78 is 0. The average molecular weight is 273 g/mol. The highest BCUT2D eigenvalue weighted by molar-refractivity contribution is 7.07. The van der Waals surface area contributed by atoms with Crippen LogP contribution in [0.2, 0.25) is 0 Å². The number of aryl methyl sites for hydroxylation is 1. The summed E-state index contributed by atoms with van der Waals surface area (Å²) in [4.78, 5) is 0. The highest BCUT2D eigenvalue weighted by atomic mass is 32.1. The van der Waals surface area contributed by atoms with Gasteiger partial charge in [0.2, 0.25) is 0 Å². The lowest BCUT2D eigenvalue weighted by atomic mass is 10.0. The summed E-state index contributed by atoms with van der Waals surface area (Å²) in [5.41, 5.74) is 4.20. The lowest BCUT2D eigenvalue weighted by Gasteiger charge is -2.14. The first kappa shape index (κ1) is 14.3. The zero-order valence-corrected chi connectivity index (χ0v) is 12.7. The second kappa shape index (κ2) is 7.46. The van der Waals surface area contributed by atoms with Gasteiger partial charge in [-0.05, 0) is 53.3 Å². The van der Waals surface area contributed by atoms with Gasteiger partial charge in [-0.2, -0.15) is 11.3 Å². The normalized spacial score (nSPS) is 12.5. The molecule has 0 bridgehead atoms. The minimum absolute atomic E-state index is 0.403. The molecule has 0 amide bonds. The van der Waals surface area contributed by atoms with Gasteiger partial charge in [-0.1, -0.05) is 37.6 Å². The molecule has 0 saturated carbocycles. The van der Waals surface area contributed by atoms with Crippen LogP contribution in [-0.2, 0) is 13.0 Å². The number of benzene rings is 1. The van der Waals surface area contributed by atoms with E-state index in [9.17, 15) is 0 Å². The summed E-state index contributed by atoms with van der Waals surface area (Å²) in [6.45, 7) is 5.42. The Hall–Kier alpha value is -1.12. The van der Waals surface area contributed by atoms with Crippen molar-refractivity contribution < 1.29 is 0 Å². The second-order valence-electron chi connectivity index (χ2n) is 5.08. The Labute approximate surface area is 120 Å². The molecule has 0 aliphatic heterocycles. The molecule has 0 radical (unpaired) electrons. The van der Waals surface area contributed by atoms with Gasteiger partial charge in [-0.25, -0.2) is 0 Å². The molecular formula is C17H23NS. The molecule has 2 rings (SSSR count). The molecular weight excluding hydrogens is 250 g/mol. The zero-order chi connectivity index (χ0) is 13.5. The molecule has 0 saturated heterocycles. The number of thiophene rings is 1. The monoisotopic (exact) mass is 273 g/mol. The van der Waals surface area contributed by atoms with E-state index in [1.54, 1.807) is 11.3 Å². The maximum absolute atomic E-state index is 3.57. The molecule has 1 heterocycles. The maximum atomic E-state index is 3.57. The molecule has 1 atom stereocenters. The first-order valence-electron chi connectivity index (χ1n) is 7.13. The Kier molecular flexibility index (Phi) is 5.62. The number of rotatable bonds is 7. The fraction of sp³-hybridized carbons (Fsp3) is 0.412. The molecule has 1 N–H and O–H groups in total. The van der Waals surface area contributed by atoms with E-state index in [2.05, 4.69) is 60.3 Å². The van der Waals surface area contributed by atoms with E-state index in [0.717, 1.165) is 6.54 Å². The molecule has 0 spiro atoms. The fourth-order valence-corrected chi connectivity index (χ4v) is 2.80. The van der Waals surface area contributed by atoms with Crippen molar-refractivity contribution in [1.29, 1.82) is 0 Å². The van der Waals surface area contributed by atoms with E-state index in [4.69, 9.17) is 0 Å². The standard InChI is InChI=1S/C17H23NS/c1-3-4-5-15-6-8-17(9-7-15)14(2)18-12-16-10-11-19-13-16/h6-11,13-14,18H,3-5,12H2,1-2H3. The van der Waals surface area contributed by atoms with Crippen molar-refractivity contribution in [1.82, 2.24) is 5.32 Å². The van der Waals surface area contributed by atoms with E-state index >= 15 is 0 Å². The van der Waals surface area contributed by atoms with Gasteiger partial charge < -0.3 is 5.32 Å². The predicted molar refractivity (Wildman–Crippen MR) is 84.6 cm³/mol. The van der Waals surface area contributed by atoms with Gasteiger partial charge in [0.25, 0.3) is 0 Å². The minimum atomic E-state index is 0.403. The van der Waals surface area contributed by atoms with Gasteiger partial charge in [0.05, 0.1) is 0 Å². The SMILES string of the molecule is CCCCc1ccc(C(C)NCc2ccsc2)cc1. The zero-order valence-electron chi connectivity index (χ0n) is 11.9. The van der Waals surface area contributed by atoms with Gasteiger partial charge in [0, 0.05) is 12.6 Å². The van der Waals surface area contributed by atoms with Crippen molar-refractivity contribution in [3.05, 3.63) is 57.8 Å². The Balaban J connectivity index is 1.86. The third kappa shape index (κ3) is 4.48. The molecule has 1 aromatic carbocycles.